The number of unbranched alkanes of at least 4 members (excludes halogenated alkanes) is 5. The Hall–Kier alpha value is -2.75. The number of aryl methyl sites for hydroxylation is 1. The Labute approximate surface area is 161 Å². The molecule has 2 N–H and O–H groups in total. The lowest BCUT2D eigenvalue weighted by Gasteiger charge is -2.04. The van der Waals surface area contributed by atoms with E-state index in [9.17, 15) is 0 Å². The Bertz CT molecular complexity index is 885. The maximum Gasteiger partial charge on any atom is 0.171 e. The third kappa shape index (κ3) is 5.36. The van der Waals surface area contributed by atoms with Crippen LogP contribution < -0.4 is 10.3 Å². The molecule has 140 valence electrons. The Morgan fingerprint density at radius 1 is 0.778 bits per heavy atom. The van der Waals surface area contributed by atoms with Crippen LogP contribution >= 0.6 is 0 Å². The number of azo groups is 1. The lowest BCUT2D eigenvalue weighted by Crippen LogP contribution is -2.32. The van der Waals surface area contributed by atoms with Gasteiger partial charge in [-0.1, -0.05) is 56.9 Å². The quantitative estimate of drug-likeness (QED) is 0.201. The fourth-order valence-corrected chi connectivity index (χ4v) is 3.25. The second kappa shape index (κ2) is 9.81. The molecule has 1 heterocycles. The van der Waals surface area contributed by atoms with E-state index in [1.165, 1.54) is 38.5 Å². The lowest BCUT2D eigenvalue weighted by molar-refractivity contribution is -0.697. The molecule has 3 rings (SSSR count). The smallest absolute Gasteiger partial charge is 0.171 e. The van der Waals surface area contributed by atoms with E-state index in [-0.39, 0.29) is 0 Å². The van der Waals surface area contributed by atoms with Crippen molar-refractivity contribution in [2.24, 2.45) is 10.2 Å². The van der Waals surface area contributed by atoms with Crippen LogP contribution in [0.4, 0.5) is 17.1 Å². The highest BCUT2D eigenvalue weighted by atomic mass is 15.1. The van der Waals surface area contributed by atoms with E-state index in [4.69, 9.17) is 5.73 Å². The molecule has 2 aromatic carbocycles. The Kier molecular flexibility index (Phi) is 6.91. The minimum Gasteiger partial charge on any atom is -0.398 e. The van der Waals surface area contributed by atoms with Gasteiger partial charge in [-0.05, 0) is 18.6 Å². The van der Waals surface area contributed by atoms with Crippen molar-refractivity contribution in [3.8, 4) is 0 Å². The fourth-order valence-electron chi connectivity index (χ4n) is 3.25. The molecule has 0 atom stereocenters. The molecule has 4 heteroatoms. The van der Waals surface area contributed by atoms with Crippen LogP contribution in [0.1, 0.15) is 45.4 Å². The molecular weight excluding hydrogens is 332 g/mol. The van der Waals surface area contributed by atoms with Gasteiger partial charge in [0.15, 0.2) is 12.4 Å². The topological polar surface area (TPSA) is 54.6 Å². The number of hydrogen-bond donors (Lipinski definition) is 1. The first-order valence-electron chi connectivity index (χ1n) is 9.96. The number of fused-ring (bicyclic) bond motifs is 1. The van der Waals surface area contributed by atoms with Gasteiger partial charge >= 0.3 is 0 Å². The predicted molar refractivity (Wildman–Crippen MR) is 113 cm³/mol. The first-order valence-corrected chi connectivity index (χ1v) is 9.96. The molecule has 27 heavy (non-hydrogen) atoms. The van der Waals surface area contributed by atoms with Crippen molar-refractivity contribution >= 4 is 27.8 Å². The van der Waals surface area contributed by atoms with E-state index in [0.717, 1.165) is 34.4 Å². The van der Waals surface area contributed by atoms with Gasteiger partial charge in [0.2, 0.25) is 0 Å². The summed E-state index contributed by atoms with van der Waals surface area (Å²) in [6, 6.07) is 15.9. The van der Waals surface area contributed by atoms with Crippen molar-refractivity contribution in [1.82, 2.24) is 0 Å². The Morgan fingerprint density at radius 3 is 2.26 bits per heavy atom. The summed E-state index contributed by atoms with van der Waals surface area (Å²) in [6.45, 7) is 3.32. The highest BCUT2D eigenvalue weighted by molar-refractivity contribution is 5.99. The van der Waals surface area contributed by atoms with Gasteiger partial charge in [0.05, 0.1) is 11.4 Å². The molecule has 0 aliphatic heterocycles. The van der Waals surface area contributed by atoms with E-state index >= 15 is 0 Å². The van der Waals surface area contributed by atoms with E-state index < -0.39 is 0 Å². The predicted octanol–water partition coefficient (Wildman–Crippen LogP) is 6.49. The van der Waals surface area contributed by atoms with Gasteiger partial charge in [0, 0.05) is 35.0 Å². The van der Waals surface area contributed by atoms with Gasteiger partial charge in [0.25, 0.3) is 0 Å². The van der Waals surface area contributed by atoms with Crippen LogP contribution in [0, 0.1) is 0 Å². The number of benzene rings is 2. The normalized spacial score (nSPS) is 11.4. The van der Waals surface area contributed by atoms with Crippen LogP contribution in [-0.4, -0.2) is 0 Å². The van der Waals surface area contributed by atoms with E-state index in [2.05, 4.69) is 34.1 Å². The van der Waals surface area contributed by atoms with Gasteiger partial charge in [-0.15, -0.1) is 5.11 Å². The standard InChI is InChI=1S/C23H28N4/c1-2-3-4-5-6-9-16-27-17-14-19(15-18-27)25-26-23-13-12-22(24)20-10-7-8-11-21(20)23/h7-8,10-15,17-18,24H,2-6,9,16H2,1H3/p+1. The van der Waals surface area contributed by atoms with Crippen molar-refractivity contribution in [2.75, 3.05) is 5.73 Å². The summed E-state index contributed by atoms with van der Waals surface area (Å²) in [4.78, 5) is 0. The average Bonchev–Trinajstić information content (AvgIpc) is 2.71. The highest BCUT2D eigenvalue weighted by Crippen LogP contribution is 2.31. The van der Waals surface area contributed by atoms with Gasteiger partial charge in [-0.2, -0.15) is 5.11 Å². The molecule has 1 aromatic heterocycles. The summed E-state index contributed by atoms with van der Waals surface area (Å²) in [6.07, 6.45) is 12.1. The van der Waals surface area contributed by atoms with Gasteiger partial charge < -0.3 is 5.73 Å². The largest absolute Gasteiger partial charge is 0.398 e. The molecule has 4 nitrogen and oxygen atoms in total. The summed E-state index contributed by atoms with van der Waals surface area (Å²) >= 11 is 0. The monoisotopic (exact) mass is 361 g/mol. The van der Waals surface area contributed by atoms with Crippen molar-refractivity contribution < 1.29 is 4.57 Å². The second-order valence-electron chi connectivity index (χ2n) is 6.98. The van der Waals surface area contributed by atoms with Crippen LogP contribution in [0.15, 0.2) is 71.2 Å². The number of pyridine rings is 1. The molecule has 0 aliphatic rings. The summed E-state index contributed by atoms with van der Waals surface area (Å²) < 4.78 is 2.22. The summed E-state index contributed by atoms with van der Waals surface area (Å²) in [7, 11) is 0. The highest BCUT2D eigenvalue weighted by Gasteiger charge is 2.04. The van der Waals surface area contributed by atoms with Crippen LogP contribution in [-0.2, 0) is 6.54 Å². The molecule has 0 fully saturated rings. The number of aromatic nitrogens is 1. The van der Waals surface area contributed by atoms with Crippen LogP contribution in [0.3, 0.4) is 0 Å². The van der Waals surface area contributed by atoms with Gasteiger partial charge in [-0.3, -0.25) is 0 Å². The van der Waals surface area contributed by atoms with Gasteiger partial charge in [-0.25, -0.2) is 4.57 Å². The SMILES string of the molecule is CCCCCCCC[n+]1ccc(N=Nc2ccc(N)c3ccccc23)cc1. The minimum atomic E-state index is 0.764. The van der Waals surface area contributed by atoms with Crippen molar-refractivity contribution in [2.45, 2.75) is 52.0 Å². The zero-order valence-electron chi connectivity index (χ0n) is 16.1. The molecular formula is C23H29N4+. The zero-order chi connectivity index (χ0) is 18.9. The second-order valence-corrected chi connectivity index (χ2v) is 6.98. The average molecular weight is 362 g/mol. The molecule has 0 bridgehead atoms. The van der Waals surface area contributed by atoms with Crippen LogP contribution in [0.25, 0.3) is 10.8 Å². The third-order valence-corrected chi connectivity index (χ3v) is 4.85. The van der Waals surface area contributed by atoms with Gasteiger partial charge in [0.1, 0.15) is 6.54 Å². The first-order chi connectivity index (χ1) is 13.3. The van der Waals surface area contributed by atoms with E-state index in [1.54, 1.807) is 0 Å². The number of nitrogens with two attached hydrogens (primary N) is 1. The lowest BCUT2D eigenvalue weighted by atomic mass is 10.1. The summed E-state index contributed by atoms with van der Waals surface area (Å²) in [5.74, 6) is 0. The van der Waals surface area contributed by atoms with Crippen molar-refractivity contribution in [1.29, 1.82) is 0 Å². The Balaban J connectivity index is 1.59. The molecule has 3 aromatic rings. The minimum absolute atomic E-state index is 0.764. The molecule has 0 amide bonds. The zero-order valence-corrected chi connectivity index (χ0v) is 16.1. The maximum absolute atomic E-state index is 6.05. The fraction of sp³-hybridized carbons (Fsp3) is 0.348. The number of rotatable bonds is 9. The van der Waals surface area contributed by atoms with E-state index in [1.807, 2.05) is 48.5 Å². The molecule has 0 unspecified atom stereocenters. The Morgan fingerprint density at radius 2 is 1.48 bits per heavy atom. The number of nitrogens with zero attached hydrogens (tertiary/aromatic N) is 3. The number of anilines is 1. The molecule has 0 spiro atoms. The maximum atomic E-state index is 6.05. The summed E-state index contributed by atoms with van der Waals surface area (Å²) in [5.41, 5.74) is 8.50. The molecule has 0 saturated carbocycles. The third-order valence-electron chi connectivity index (χ3n) is 4.85. The molecule has 0 saturated heterocycles. The number of nitrogen functional groups attached to an aromatic ring is 1. The first kappa shape index (κ1) is 19.0. The van der Waals surface area contributed by atoms with Crippen molar-refractivity contribution in [3.05, 3.63) is 60.9 Å². The van der Waals surface area contributed by atoms with Crippen molar-refractivity contribution in [3.63, 3.8) is 0 Å². The molecule has 0 radical (unpaired) electrons. The van der Waals surface area contributed by atoms with Crippen LogP contribution in [0.2, 0.25) is 0 Å². The summed E-state index contributed by atoms with van der Waals surface area (Å²) in [5, 5.41) is 10.9. The molecule has 0 aliphatic carbocycles. The van der Waals surface area contributed by atoms with E-state index in [0.29, 0.717) is 0 Å². The number of hydrogen-bond acceptors (Lipinski definition) is 3. The van der Waals surface area contributed by atoms with Crippen LogP contribution in [0.5, 0.6) is 0 Å².